The molecule has 4 amide bonds. The number of amides is 4. The maximum Gasteiger partial charge on any atom is 0.270 e. The third-order valence-corrected chi connectivity index (χ3v) is 14.2. The second kappa shape index (κ2) is 18.7. The van der Waals surface area contributed by atoms with Crippen LogP contribution in [0.25, 0.3) is 21.5 Å². The molecule has 0 radical (unpaired) electrons. The Morgan fingerprint density at radius 3 is 0.833 bits per heavy atom. The Bertz CT molecular complexity index is 2780. The summed E-state index contributed by atoms with van der Waals surface area (Å²) in [6, 6.07) is 5.43. The van der Waals surface area contributed by atoms with Crippen LogP contribution < -0.4 is 21.3 Å². The average Bonchev–Trinajstić information content (AvgIpc) is 3.38. The highest BCUT2D eigenvalue weighted by Crippen LogP contribution is 2.59. The number of fused-ring (bicyclic) bond motifs is 10. The summed E-state index contributed by atoms with van der Waals surface area (Å²) in [7, 11) is 0. The highest BCUT2D eigenvalue weighted by Gasteiger charge is 2.68. The maximum atomic E-state index is 16.2. The van der Waals surface area contributed by atoms with Gasteiger partial charge in [-0.2, -0.15) is 0 Å². The predicted molar refractivity (Wildman–Crippen MR) is 217 cm³/mol. The van der Waals surface area contributed by atoms with E-state index in [-0.39, 0.29) is 0 Å². The van der Waals surface area contributed by atoms with Gasteiger partial charge < -0.3 is 21.3 Å². The van der Waals surface area contributed by atoms with E-state index < -0.39 is 237 Å². The molecule has 2 aromatic heterocycles. The van der Waals surface area contributed by atoms with Gasteiger partial charge in [-0.3, -0.25) is 19.2 Å². The molecule has 0 saturated heterocycles. The van der Waals surface area contributed by atoms with Crippen LogP contribution in [0.15, 0.2) is 36.4 Å². The summed E-state index contributed by atoms with van der Waals surface area (Å²) in [6.45, 7) is -5.09. The molecule has 14 atom stereocenters. The van der Waals surface area contributed by atoms with Crippen molar-refractivity contribution in [2.24, 2.45) is 35.5 Å². The van der Waals surface area contributed by atoms with E-state index in [9.17, 15) is 19.2 Å². The lowest BCUT2D eigenvalue weighted by atomic mass is 9.48. The van der Waals surface area contributed by atoms with Gasteiger partial charge in [-0.25, -0.2) is 80.2 Å². The molecule has 5 aromatic rings. The Labute approximate surface area is 393 Å². The first-order chi connectivity index (χ1) is 34.1. The van der Waals surface area contributed by atoms with Crippen molar-refractivity contribution in [3.8, 4) is 0 Å². The third kappa shape index (κ3) is 7.80. The Hall–Kier alpha value is -6.76. The quantitative estimate of drug-likeness (QED) is 0.0544. The number of alkyl halides is 8. The Morgan fingerprint density at radius 2 is 0.583 bits per heavy atom. The van der Waals surface area contributed by atoms with Crippen LogP contribution in [0.2, 0.25) is 0 Å². The zero-order valence-electron chi connectivity index (χ0n) is 36.0. The van der Waals surface area contributed by atoms with Gasteiger partial charge in [0.25, 0.3) is 23.6 Å². The molecule has 8 bridgehead atoms. The van der Waals surface area contributed by atoms with Crippen molar-refractivity contribution in [3.05, 3.63) is 117 Å². The number of benzene rings is 3. The number of carbonyl (C=O) groups excluding carboxylic acids is 4. The first kappa shape index (κ1) is 50.2. The van der Waals surface area contributed by atoms with E-state index >= 15 is 70.2 Å². The Morgan fingerprint density at radius 1 is 0.347 bits per heavy atom. The van der Waals surface area contributed by atoms with Crippen molar-refractivity contribution in [2.75, 3.05) is 13.1 Å². The molecular formula is C46H32F16N6O4. The van der Waals surface area contributed by atoms with E-state index in [0.717, 1.165) is 36.4 Å². The van der Waals surface area contributed by atoms with Crippen molar-refractivity contribution < 1.29 is 89.4 Å². The fraction of sp³-hybridized carbons (Fsp3) is 0.391. The van der Waals surface area contributed by atoms with E-state index in [1.807, 2.05) is 10.6 Å². The third-order valence-electron chi connectivity index (χ3n) is 14.2. The molecule has 4 N–H and O–H groups in total. The number of halogens is 16. The van der Waals surface area contributed by atoms with Crippen molar-refractivity contribution >= 4 is 45.2 Å². The molecule has 3 heterocycles. The summed E-state index contributed by atoms with van der Waals surface area (Å²) < 4.78 is 250. The number of hydrogen-bond donors (Lipinski definition) is 4. The molecule has 26 heteroatoms. The Kier molecular flexibility index (Phi) is 13.0. The van der Waals surface area contributed by atoms with E-state index in [1.54, 1.807) is 0 Å². The summed E-state index contributed by atoms with van der Waals surface area (Å²) in [5.74, 6) is -38.4. The van der Waals surface area contributed by atoms with Gasteiger partial charge in [0.15, 0.2) is 71.2 Å². The summed E-state index contributed by atoms with van der Waals surface area (Å²) in [4.78, 5) is 62.1. The van der Waals surface area contributed by atoms with E-state index in [1.165, 1.54) is 0 Å². The second-order valence-electron chi connectivity index (χ2n) is 17.8. The molecule has 4 aliphatic rings. The normalized spacial score (nSPS) is 31.4. The van der Waals surface area contributed by atoms with Crippen LogP contribution in [0.5, 0.6) is 0 Å². The van der Waals surface area contributed by atoms with Gasteiger partial charge in [-0.15, -0.1) is 0 Å². The Balaban J connectivity index is 1.20. The highest BCUT2D eigenvalue weighted by molar-refractivity contribution is 6.08. The van der Waals surface area contributed by atoms with Gasteiger partial charge in [-0.05, 0) is 47.2 Å². The van der Waals surface area contributed by atoms with Crippen molar-refractivity contribution in [2.45, 2.75) is 62.5 Å². The van der Waals surface area contributed by atoms with E-state index in [0.29, 0.717) is 0 Å². The molecule has 3 saturated carbocycles. The predicted octanol–water partition coefficient (Wildman–Crippen LogP) is 7.67. The smallest absolute Gasteiger partial charge is 0.270 e. The van der Waals surface area contributed by atoms with Crippen LogP contribution in [0.3, 0.4) is 0 Å². The first-order valence-corrected chi connectivity index (χ1v) is 21.7. The van der Waals surface area contributed by atoms with Gasteiger partial charge in [0.2, 0.25) is 0 Å². The van der Waals surface area contributed by atoms with Crippen LogP contribution in [0.1, 0.15) is 53.1 Å². The molecule has 1 aliphatic heterocycles. The largest absolute Gasteiger partial charge is 0.350 e. The minimum Gasteiger partial charge on any atom is -0.350 e. The summed E-state index contributed by atoms with van der Waals surface area (Å²) in [6.07, 6.45) is -25.3. The van der Waals surface area contributed by atoms with Crippen LogP contribution >= 0.6 is 0 Å². The number of rotatable bonds is 0. The van der Waals surface area contributed by atoms with Gasteiger partial charge >= 0.3 is 0 Å². The summed E-state index contributed by atoms with van der Waals surface area (Å²) in [5.41, 5.74) is -5.71. The number of carbonyl (C=O) groups is 4. The number of hydrogen-bond acceptors (Lipinski definition) is 6. The molecule has 0 spiro atoms. The van der Waals surface area contributed by atoms with E-state index in [2.05, 4.69) is 20.6 Å². The second-order valence-corrected chi connectivity index (χ2v) is 17.8. The van der Waals surface area contributed by atoms with E-state index in [4.69, 9.17) is 0 Å². The summed E-state index contributed by atoms with van der Waals surface area (Å²) >= 11 is 0. The lowest BCUT2D eigenvalue weighted by Gasteiger charge is -2.59. The number of pyridine rings is 2. The molecule has 3 aliphatic carbocycles. The van der Waals surface area contributed by atoms with Crippen LogP contribution in [0, 0.1) is 82.0 Å². The van der Waals surface area contributed by atoms with Crippen molar-refractivity contribution in [1.29, 1.82) is 0 Å². The minimum atomic E-state index is -3.26. The summed E-state index contributed by atoms with van der Waals surface area (Å²) in [5, 5.41) is 2.26. The topological polar surface area (TPSA) is 142 Å². The lowest BCUT2D eigenvalue weighted by Crippen LogP contribution is -2.69. The highest BCUT2D eigenvalue weighted by atomic mass is 19.2. The zero-order valence-corrected chi connectivity index (χ0v) is 36.0. The molecule has 382 valence electrons. The van der Waals surface area contributed by atoms with Gasteiger partial charge in [-0.1, -0.05) is 12.1 Å². The number of aromatic nitrogens is 2. The van der Waals surface area contributed by atoms with Gasteiger partial charge in [0.05, 0.1) is 0 Å². The van der Waals surface area contributed by atoms with Crippen LogP contribution in [0.4, 0.5) is 70.2 Å². The van der Waals surface area contributed by atoms with Gasteiger partial charge in [0, 0.05) is 71.4 Å². The molecule has 3 unspecified atom stereocenters. The average molecular weight is 1040 g/mol. The molecule has 10 nitrogen and oxygen atoms in total. The SMILES string of the molecule is O=C1NCc2c3c(F)c(F)c(F)c(F)c3c(c3c(F)c(F)c(F)c(F)c23)CNC(=O)c2cccc(n2)C(=O)NCC2C3[C@@H](C(CNC(=O)c4cccc1n4)[C@@H]1[C@H](F)[C@H](F)[C@H](F)[C@H](F)[C@H]21)[C@@H](F)[C@@H](F)[C@@H](F)[C@H]3F. The number of nitrogens with one attached hydrogen (secondary N) is 4. The van der Waals surface area contributed by atoms with Crippen molar-refractivity contribution in [3.63, 3.8) is 0 Å². The fourth-order valence-electron chi connectivity index (χ4n) is 11.0. The molecular weight excluding hydrogens is 1000 g/mol. The molecule has 3 aromatic carbocycles. The number of nitrogens with zero attached hydrogens (tertiary/aromatic N) is 2. The molecule has 3 fully saturated rings. The van der Waals surface area contributed by atoms with Crippen molar-refractivity contribution in [1.82, 2.24) is 31.2 Å². The van der Waals surface area contributed by atoms with Crippen LogP contribution in [-0.2, 0) is 13.1 Å². The molecule has 9 rings (SSSR count). The molecule has 72 heavy (non-hydrogen) atoms. The standard InChI is InChI=1S/C46H32F16N6O4/c47-27-19-11-7-63-43(69)15-3-1-4-16(67-15)44(70)64-8-12-21-25(33(53)41(61)37(57)29(21)49)14(26-22(12)30(50)38(58)42(62)34(26)54)10-66-46(72)18-6-2-5-17(68-18)45(71)65-9-13(23(19)31(51)39(59)35(27)55)24-20(11)28(48)36(56)40(60)32(24)52/h1-6,11,13,19-20,23-24,27-28,31-32,35-36,39-40H,7-10H2,(H,63,69)(H,64,70)(H,65,71)(H,66,72)/t11?,13?,19-,20+,23+,24?,27-,28+,31+,32-,35-,36+,39+,40-/m0/s1. The maximum absolute atomic E-state index is 16.2. The van der Waals surface area contributed by atoms with Crippen LogP contribution in [-0.4, -0.2) is 96.1 Å². The first-order valence-electron chi connectivity index (χ1n) is 21.7. The monoisotopic (exact) mass is 1040 g/mol. The lowest BCUT2D eigenvalue weighted by molar-refractivity contribution is -0.208. The van der Waals surface area contributed by atoms with Gasteiger partial charge in [0.1, 0.15) is 47.5 Å². The minimum absolute atomic E-state index is 0.781. The zero-order chi connectivity index (χ0) is 52.1. The fourth-order valence-corrected chi connectivity index (χ4v) is 11.0.